The van der Waals surface area contributed by atoms with E-state index in [4.69, 9.17) is 10.5 Å². The van der Waals surface area contributed by atoms with Crippen LogP contribution < -0.4 is 5.73 Å². The fraction of sp³-hybridized carbons (Fsp3) is 0.684. The molecule has 0 radical (unpaired) electrons. The summed E-state index contributed by atoms with van der Waals surface area (Å²) in [5.74, 6) is -0.232. The zero-order valence-electron chi connectivity index (χ0n) is 14.9. The van der Waals surface area contributed by atoms with Crippen LogP contribution in [0.1, 0.15) is 61.6 Å². The predicted octanol–water partition coefficient (Wildman–Crippen LogP) is 3.25. The van der Waals surface area contributed by atoms with Crippen LogP contribution in [0, 0.1) is 15.9 Å². The number of hydrogen-bond acceptors (Lipinski definition) is 5. The van der Waals surface area contributed by atoms with E-state index in [1.54, 1.807) is 6.07 Å². The van der Waals surface area contributed by atoms with Gasteiger partial charge in [-0.25, -0.2) is 4.39 Å². The molecule has 1 aromatic rings. The summed E-state index contributed by atoms with van der Waals surface area (Å²) in [4.78, 5) is 13.6. The van der Waals surface area contributed by atoms with Crippen molar-refractivity contribution in [3.05, 3.63) is 39.2 Å². The Balaban J connectivity index is 1.73. The van der Waals surface area contributed by atoms with Gasteiger partial charge in [-0.15, -0.1) is 0 Å². The number of benzene rings is 1. The van der Waals surface area contributed by atoms with Crippen LogP contribution >= 0.6 is 0 Å². The van der Waals surface area contributed by atoms with Gasteiger partial charge in [0.25, 0.3) is 5.69 Å². The minimum atomic E-state index is -0.447. The minimum absolute atomic E-state index is 0.0186. The molecule has 142 valence electrons. The van der Waals surface area contributed by atoms with Crippen molar-refractivity contribution in [3.8, 4) is 0 Å². The van der Waals surface area contributed by atoms with Gasteiger partial charge in [0, 0.05) is 43.4 Å². The van der Waals surface area contributed by atoms with Gasteiger partial charge >= 0.3 is 0 Å². The summed E-state index contributed by atoms with van der Waals surface area (Å²) in [6.45, 7) is 2.27. The lowest BCUT2D eigenvalue weighted by molar-refractivity contribution is -0.386. The third-order valence-corrected chi connectivity index (χ3v) is 6.06. The van der Waals surface area contributed by atoms with Crippen LogP contribution in [0.4, 0.5) is 10.1 Å². The number of piperidine rings is 1. The maximum atomic E-state index is 14.4. The normalized spacial score (nSPS) is 28.2. The second-order valence-corrected chi connectivity index (χ2v) is 7.85. The molecule has 1 aromatic carbocycles. The van der Waals surface area contributed by atoms with E-state index in [-0.39, 0.29) is 23.7 Å². The summed E-state index contributed by atoms with van der Waals surface area (Å²) in [5.41, 5.74) is 7.39. The first-order chi connectivity index (χ1) is 12.5. The Labute approximate surface area is 152 Å². The van der Waals surface area contributed by atoms with Gasteiger partial charge < -0.3 is 10.5 Å². The van der Waals surface area contributed by atoms with Gasteiger partial charge in [-0.2, -0.15) is 0 Å². The SMILES string of the molecule is NC1CCN(C2CCOCC2)C(c2cc(C3CC3)c(F)cc2[N+](=O)[O-])C1. The molecule has 3 fully saturated rings. The van der Waals surface area contributed by atoms with E-state index in [2.05, 4.69) is 4.90 Å². The molecule has 3 aliphatic rings. The first kappa shape index (κ1) is 17.8. The Morgan fingerprint density at radius 2 is 1.88 bits per heavy atom. The van der Waals surface area contributed by atoms with Crippen molar-refractivity contribution in [2.75, 3.05) is 19.8 Å². The predicted molar refractivity (Wildman–Crippen MR) is 95.5 cm³/mol. The summed E-state index contributed by atoms with van der Waals surface area (Å²) in [6, 6.07) is 3.13. The van der Waals surface area contributed by atoms with Gasteiger partial charge in [0.1, 0.15) is 5.82 Å². The Bertz CT molecular complexity index is 689. The average molecular weight is 363 g/mol. The Hall–Kier alpha value is -1.57. The molecular formula is C19H26FN3O3. The molecule has 7 heteroatoms. The number of nitro benzene ring substituents is 1. The molecule has 0 spiro atoms. The molecule has 0 bridgehead atoms. The van der Waals surface area contributed by atoms with Gasteiger partial charge in [0.15, 0.2) is 0 Å². The number of rotatable bonds is 4. The standard InChI is InChI=1S/C19H26FN3O3/c20-17-11-19(23(24)25)16(10-15(17)12-1-2-12)18-9-13(21)3-6-22(18)14-4-7-26-8-5-14/h10-14,18H,1-9,21H2. The summed E-state index contributed by atoms with van der Waals surface area (Å²) in [6.07, 6.45) is 5.34. The van der Waals surface area contributed by atoms with Gasteiger partial charge in [-0.3, -0.25) is 15.0 Å². The van der Waals surface area contributed by atoms with Crippen LogP contribution in [-0.2, 0) is 4.74 Å². The lowest BCUT2D eigenvalue weighted by Gasteiger charge is -2.44. The highest BCUT2D eigenvalue weighted by Gasteiger charge is 2.38. The third kappa shape index (κ3) is 3.48. The maximum Gasteiger partial charge on any atom is 0.277 e. The van der Waals surface area contributed by atoms with E-state index < -0.39 is 10.7 Å². The highest BCUT2D eigenvalue weighted by molar-refractivity contribution is 5.47. The molecule has 2 saturated heterocycles. The minimum Gasteiger partial charge on any atom is -0.381 e. The van der Waals surface area contributed by atoms with Crippen molar-refractivity contribution in [2.24, 2.45) is 5.73 Å². The number of nitrogens with two attached hydrogens (primary N) is 1. The number of hydrogen-bond donors (Lipinski definition) is 1. The van der Waals surface area contributed by atoms with E-state index in [1.807, 2.05) is 0 Å². The van der Waals surface area contributed by atoms with E-state index in [1.165, 1.54) is 0 Å². The largest absolute Gasteiger partial charge is 0.381 e. The van der Waals surface area contributed by atoms with Gasteiger partial charge in [-0.05, 0) is 56.1 Å². The van der Waals surface area contributed by atoms with Crippen LogP contribution in [0.25, 0.3) is 0 Å². The Morgan fingerprint density at radius 3 is 2.54 bits per heavy atom. The molecule has 1 aliphatic carbocycles. The van der Waals surface area contributed by atoms with E-state index in [9.17, 15) is 14.5 Å². The number of halogens is 1. The molecule has 0 amide bonds. The summed E-state index contributed by atoms with van der Waals surface area (Å²) in [7, 11) is 0. The van der Waals surface area contributed by atoms with Gasteiger partial charge in [-0.1, -0.05) is 0 Å². The molecule has 2 N–H and O–H groups in total. The fourth-order valence-electron chi connectivity index (χ4n) is 4.50. The average Bonchev–Trinajstić information content (AvgIpc) is 3.47. The molecule has 6 nitrogen and oxygen atoms in total. The quantitative estimate of drug-likeness (QED) is 0.656. The van der Waals surface area contributed by atoms with Crippen molar-refractivity contribution in [1.82, 2.24) is 4.90 Å². The smallest absolute Gasteiger partial charge is 0.277 e. The summed E-state index contributed by atoms with van der Waals surface area (Å²) >= 11 is 0. The second kappa shape index (κ2) is 7.21. The van der Waals surface area contributed by atoms with Gasteiger partial charge in [0.05, 0.1) is 11.0 Å². The van der Waals surface area contributed by atoms with Crippen LogP contribution in [0.15, 0.2) is 12.1 Å². The monoisotopic (exact) mass is 363 g/mol. The molecule has 2 atom stereocenters. The highest BCUT2D eigenvalue weighted by atomic mass is 19.1. The van der Waals surface area contributed by atoms with Crippen LogP contribution in [0.3, 0.4) is 0 Å². The molecule has 26 heavy (non-hydrogen) atoms. The summed E-state index contributed by atoms with van der Waals surface area (Å²) < 4.78 is 19.9. The van der Waals surface area contributed by atoms with Crippen LogP contribution in [-0.4, -0.2) is 41.7 Å². The number of nitrogens with zero attached hydrogens (tertiary/aromatic N) is 2. The van der Waals surface area contributed by atoms with Crippen LogP contribution in [0.2, 0.25) is 0 Å². The molecule has 4 rings (SSSR count). The van der Waals surface area contributed by atoms with E-state index >= 15 is 0 Å². The highest BCUT2D eigenvalue weighted by Crippen LogP contribution is 2.46. The lowest BCUT2D eigenvalue weighted by atomic mass is 9.87. The maximum absolute atomic E-state index is 14.4. The van der Waals surface area contributed by atoms with Crippen LogP contribution in [0.5, 0.6) is 0 Å². The van der Waals surface area contributed by atoms with E-state index in [0.29, 0.717) is 23.6 Å². The molecule has 2 heterocycles. The molecule has 0 aromatic heterocycles. The van der Waals surface area contributed by atoms with Crippen molar-refractivity contribution in [3.63, 3.8) is 0 Å². The number of ether oxygens (including phenoxy) is 1. The molecule has 2 aliphatic heterocycles. The summed E-state index contributed by atoms with van der Waals surface area (Å²) in [5, 5.41) is 11.6. The fourth-order valence-corrected chi connectivity index (χ4v) is 4.50. The molecule has 2 unspecified atom stereocenters. The topological polar surface area (TPSA) is 81.6 Å². The first-order valence-electron chi connectivity index (χ1n) is 9.61. The molecule has 1 saturated carbocycles. The zero-order valence-corrected chi connectivity index (χ0v) is 14.9. The number of likely N-dealkylation sites (tertiary alicyclic amines) is 1. The lowest BCUT2D eigenvalue weighted by Crippen LogP contribution is -2.48. The van der Waals surface area contributed by atoms with E-state index in [0.717, 1.165) is 57.9 Å². The van der Waals surface area contributed by atoms with Crippen molar-refractivity contribution in [1.29, 1.82) is 0 Å². The first-order valence-corrected chi connectivity index (χ1v) is 9.61. The van der Waals surface area contributed by atoms with Crippen molar-refractivity contribution < 1.29 is 14.1 Å². The second-order valence-electron chi connectivity index (χ2n) is 7.85. The van der Waals surface area contributed by atoms with Crippen molar-refractivity contribution in [2.45, 2.75) is 62.6 Å². The van der Waals surface area contributed by atoms with Gasteiger partial charge in [0.2, 0.25) is 0 Å². The zero-order chi connectivity index (χ0) is 18.3. The third-order valence-electron chi connectivity index (χ3n) is 6.06. The Morgan fingerprint density at radius 1 is 1.15 bits per heavy atom. The number of nitro groups is 1. The van der Waals surface area contributed by atoms with Crippen molar-refractivity contribution >= 4 is 5.69 Å². The molecular weight excluding hydrogens is 337 g/mol. The Kier molecular flexibility index (Phi) is 4.94.